The van der Waals surface area contributed by atoms with E-state index in [1.54, 1.807) is 51.5 Å². The molecule has 6 atom stereocenters. The molecule has 2 saturated carbocycles. The Bertz CT molecular complexity index is 5570. The van der Waals surface area contributed by atoms with E-state index in [1.165, 1.54) is 31.6 Å². The number of H-pyrrole nitrogens is 1. The van der Waals surface area contributed by atoms with E-state index in [4.69, 9.17) is 19.9 Å². The van der Waals surface area contributed by atoms with E-state index < -0.39 is 24.1 Å². The van der Waals surface area contributed by atoms with E-state index in [-0.39, 0.29) is 66.8 Å². The average molecular weight is 1570 g/mol. The minimum atomic E-state index is -4.16. The van der Waals surface area contributed by atoms with Crippen molar-refractivity contribution < 1.29 is 36.7 Å². The summed E-state index contributed by atoms with van der Waals surface area (Å²) in [6.45, 7) is 13.3. The number of nitrogens with zero attached hydrogens (tertiary/aromatic N) is 22. The molecule has 19 heterocycles. The number of halogens is 4. The molecule has 116 heavy (non-hydrogen) atoms. The summed E-state index contributed by atoms with van der Waals surface area (Å²) < 4.78 is 53.2. The molecule has 8 amide bonds. The van der Waals surface area contributed by atoms with Gasteiger partial charge < -0.3 is 24.9 Å². The zero-order chi connectivity index (χ0) is 79.5. The summed E-state index contributed by atoms with van der Waals surface area (Å²) >= 11 is 0. The Balaban J connectivity index is 0.000000107. The smallest absolute Gasteiger partial charge is 0.366 e. The van der Waals surface area contributed by atoms with E-state index in [0.29, 0.717) is 58.3 Å². The maximum absolute atomic E-state index is 13.9. The number of pyridine rings is 8. The highest BCUT2D eigenvalue weighted by atomic mass is 19.4. The second kappa shape index (κ2) is 30.9. The molecule has 6 fully saturated rings. The molecule has 5 N–H and O–H groups in total. The summed E-state index contributed by atoms with van der Waals surface area (Å²) in [5.74, 6) is 1.42. The van der Waals surface area contributed by atoms with Crippen molar-refractivity contribution in [1.29, 1.82) is 0 Å². The number of nitrogens with one attached hydrogen (secondary N) is 5. The van der Waals surface area contributed by atoms with E-state index in [0.717, 1.165) is 164 Å². The Kier molecular flexibility index (Phi) is 19.8. The number of amides is 8. The van der Waals surface area contributed by atoms with Crippen LogP contribution in [0, 0.1) is 38.6 Å². The van der Waals surface area contributed by atoms with Crippen LogP contribution in [0.25, 0.3) is 44.9 Å². The lowest BCUT2D eigenvalue weighted by Gasteiger charge is -2.36. The molecule has 8 aliphatic heterocycles. The maximum atomic E-state index is 13.9. The molecule has 31 nitrogen and oxygen atoms in total. The molecule has 1 unspecified atom stereocenters. The molecule has 21 rings (SSSR count). The van der Waals surface area contributed by atoms with Gasteiger partial charge in [-0.15, -0.1) is 5.10 Å². The first-order valence-corrected chi connectivity index (χ1v) is 39.0. The fourth-order valence-corrected chi connectivity index (χ4v) is 16.9. The molecule has 592 valence electrons. The largest absolute Gasteiger partial charge is 0.391 e. The summed E-state index contributed by atoms with van der Waals surface area (Å²) in [5.41, 5.74) is 13.3. The number of hydrogen-bond acceptors (Lipinski definition) is 22. The van der Waals surface area contributed by atoms with Crippen LogP contribution in [-0.4, -0.2) is 189 Å². The van der Waals surface area contributed by atoms with Crippen molar-refractivity contribution in [2.45, 2.75) is 115 Å². The van der Waals surface area contributed by atoms with Crippen molar-refractivity contribution in [2.24, 2.45) is 11.8 Å². The summed E-state index contributed by atoms with van der Waals surface area (Å²) in [7, 11) is 0. The topological polar surface area (TPSA) is 339 Å². The Morgan fingerprint density at radius 2 is 0.991 bits per heavy atom. The SMILES string of the molecule is Cc1cc(-c2ccc3c(n2)N(C(=O)Nc2nccnc2F)[C@H]2CCN3C2)ccn1.Cc1cc(-c2ccc3c(n2)N(C(=O)Nc2ncnc4n[nH]nc24)[C@H]2CCN3C2)ccn1.Cc1ccc(-c2ccc3c(n2)N(C(=O)NCC2CC2)[C@H]2CCN3C2)cn1.O=C(Nc1ccccn1)N1c2nc(C3CC[C@H](C(F)(F)F)C3)ccc2N2CC[C@H]1C2. The van der Waals surface area contributed by atoms with E-state index in [9.17, 15) is 36.7 Å². The lowest BCUT2D eigenvalue weighted by atomic mass is 10.00. The van der Waals surface area contributed by atoms with E-state index in [1.807, 2.05) is 111 Å². The van der Waals surface area contributed by atoms with Crippen molar-refractivity contribution >= 4 is 98.8 Å². The lowest BCUT2D eigenvalue weighted by Crippen LogP contribution is -2.51. The van der Waals surface area contributed by atoms with Crippen LogP contribution in [-0.2, 0) is 0 Å². The predicted octanol–water partition coefficient (Wildman–Crippen LogP) is 12.7. The van der Waals surface area contributed by atoms with E-state index >= 15 is 0 Å². The van der Waals surface area contributed by atoms with Gasteiger partial charge in [0.25, 0.3) is 5.95 Å². The third-order valence-corrected chi connectivity index (χ3v) is 23.0. The third-order valence-electron chi connectivity index (χ3n) is 23.0. The van der Waals surface area contributed by atoms with Crippen LogP contribution in [0.1, 0.15) is 86.5 Å². The quantitative estimate of drug-likeness (QED) is 0.0838. The minimum Gasteiger partial charge on any atom is -0.366 e. The molecule has 0 aromatic carbocycles. The van der Waals surface area contributed by atoms with Gasteiger partial charge in [0, 0.05) is 141 Å². The highest BCUT2D eigenvalue weighted by Gasteiger charge is 2.48. The van der Waals surface area contributed by atoms with Gasteiger partial charge in [0.1, 0.15) is 12.1 Å². The first-order chi connectivity index (χ1) is 56.4. The molecular weight excluding hydrogens is 1490 g/mol. The number of carbonyl (C=O) groups is 4. The van der Waals surface area contributed by atoms with Gasteiger partial charge >= 0.3 is 30.3 Å². The van der Waals surface area contributed by atoms with E-state index in [2.05, 4.69) is 102 Å². The van der Waals surface area contributed by atoms with Crippen molar-refractivity contribution in [1.82, 2.24) is 80.5 Å². The molecule has 10 aliphatic rings. The Hall–Kier alpha value is -13.2. The molecule has 11 aromatic heterocycles. The number of hydrogen-bond donors (Lipinski definition) is 5. The number of alkyl halides is 3. The molecule has 4 saturated heterocycles. The number of aromatic nitrogens is 15. The zero-order valence-electron chi connectivity index (χ0n) is 63.6. The number of urea groups is 4. The molecule has 2 aliphatic carbocycles. The van der Waals surface area contributed by atoms with Crippen molar-refractivity contribution in [3.05, 3.63) is 175 Å². The Morgan fingerprint density at radius 1 is 0.466 bits per heavy atom. The average Bonchev–Trinajstić information content (AvgIpc) is 1.54. The van der Waals surface area contributed by atoms with Crippen molar-refractivity contribution in [3.8, 4) is 33.8 Å². The Morgan fingerprint density at radius 3 is 1.50 bits per heavy atom. The highest BCUT2D eigenvalue weighted by Crippen LogP contribution is 2.49. The van der Waals surface area contributed by atoms with Crippen LogP contribution in [0.5, 0.6) is 0 Å². The zero-order valence-corrected chi connectivity index (χ0v) is 63.6. The van der Waals surface area contributed by atoms with Crippen molar-refractivity contribution in [2.75, 3.05) is 114 Å². The number of fused-ring (bicyclic) bond motifs is 17. The van der Waals surface area contributed by atoms with Gasteiger partial charge in [-0.3, -0.25) is 50.5 Å². The van der Waals surface area contributed by atoms with Gasteiger partial charge in [0.05, 0.1) is 69.9 Å². The first-order valence-electron chi connectivity index (χ1n) is 39.0. The number of anilines is 11. The maximum Gasteiger partial charge on any atom is 0.391 e. The van der Waals surface area contributed by atoms with Gasteiger partial charge in [0.15, 0.2) is 40.4 Å². The van der Waals surface area contributed by atoms with Crippen LogP contribution in [0.4, 0.5) is 100 Å². The summed E-state index contributed by atoms with van der Waals surface area (Å²) in [6, 6.07) is 32.0. The normalized spacial score (nSPS) is 20.1. The molecule has 0 radical (unpaired) electrons. The van der Waals surface area contributed by atoms with Gasteiger partial charge in [-0.25, -0.2) is 64.0 Å². The third kappa shape index (κ3) is 15.0. The van der Waals surface area contributed by atoms with Crippen molar-refractivity contribution in [3.63, 3.8) is 0 Å². The van der Waals surface area contributed by atoms with Crippen LogP contribution in [0.15, 0.2) is 147 Å². The summed E-state index contributed by atoms with van der Waals surface area (Å²) in [5, 5.41) is 21.9. The first kappa shape index (κ1) is 74.2. The van der Waals surface area contributed by atoms with Gasteiger partial charge in [-0.05, 0) is 182 Å². The number of aryl methyl sites for hydroxylation is 3. The molecule has 11 aromatic rings. The highest BCUT2D eigenvalue weighted by molar-refractivity contribution is 6.08. The van der Waals surface area contributed by atoms with Gasteiger partial charge in [-0.2, -0.15) is 27.9 Å². The fourth-order valence-electron chi connectivity index (χ4n) is 16.9. The molecule has 8 bridgehead atoms. The molecule has 35 heteroatoms. The number of carbonyl (C=O) groups excluding carboxylic acids is 4. The standard InChI is InChI=1S/C21H22F3N5O.C20H18FN7O.C20H18N10O.C20H23N5O/c22-21(23,24)14-5-4-13(11-14)16-6-7-17-19(26-16)29(15-8-10-28(17)12-15)20(30)27-18-3-1-2-9-25-18;1-12-10-13(4-6-22-12)15-2-3-16-19(25-15)28(14-5-9-27(16)11-14)20(29)26-18-17(21)23-7-8-24-18;1-11-8-12(4-6-21-11)14-2-3-15-19(24-14)30(13-5-7-29(15)9-13)20(31)25-17-16-18(23-10-22-17)27-28-26-16;1-13-2-5-15(11-21-13)17-6-7-18-19(23-17)25(16-8-9-24(18)12-16)20(26)22-10-14-3-4-14/h1-3,6-7,9,13-15H,4-5,8,10-12H2,(H,25,27,30);2-4,6-8,10,14H,5,9,11H2,1H3,(H,24,26,29);2-4,6,8,10,13H,5,7,9H2,1H3,(H2,22,23,25,26,27,28,31);2,5-7,11,14,16H,3-4,8-10,12H2,1H3,(H,22,26)/t13?,14-,15-;14-;13-;16-/m0000/s1. The lowest BCUT2D eigenvalue weighted by molar-refractivity contribution is -0.172. The summed E-state index contributed by atoms with van der Waals surface area (Å²) in [6.07, 6.45) is 13.3. The summed E-state index contributed by atoms with van der Waals surface area (Å²) in [4.78, 5) is 120. The van der Waals surface area contributed by atoms with Gasteiger partial charge in [0.2, 0.25) is 5.65 Å². The second-order valence-corrected chi connectivity index (χ2v) is 30.6. The molecular formula is C81H81F4N27O4. The van der Waals surface area contributed by atoms with Crippen LogP contribution in [0.3, 0.4) is 0 Å². The fraction of sp³-hybridized carbons (Fsp3) is 0.358. The van der Waals surface area contributed by atoms with Gasteiger partial charge in [-0.1, -0.05) is 6.07 Å². The van der Waals surface area contributed by atoms with Crippen LogP contribution < -0.4 is 60.5 Å². The molecule has 0 spiro atoms. The second-order valence-electron chi connectivity index (χ2n) is 30.6. The monoisotopic (exact) mass is 1570 g/mol. The Labute approximate surface area is 662 Å². The van der Waals surface area contributed by atoms with Crippen LogP contribution in [0.2, 0.25) is 0 Å². The number of aromatic amines is 1. The predicted molar refractivity (Wildman–Crippen MR) is 428 cm³/mol. The van der Waals surface area contributed by atoms with Crippen LogP contribution >= 0.6 is 0 Å². The minimum absolute atomic E-state index is 0.00335. The number of rotatable bonds is 9.